The Morgan fingerprint density at radius 2 is 2.00 bits per heavy atom. The van der Waals surface area contributed by atoms with Crippen LogP contribution in [0.3, 0.4) is 0 Å². The summed E-state index contributed by atoms with van der Waals surface area (Å²) in [6.45, 7) is 3.70. The standard InChI is InChI=1S/C12H15IO3/c1-12(2)15-10(7-14)11(16-12)8-5-3-4-6-9(8)13/h3-6,10-11,14H,7H2,1-2H3/t10-,11-/m0/s1. The normalized spacial score (nSPS) is 28.2. The molecule has 0 amide bonds. The van der Waals surface area contributed by atoms with E-state index < -0.39 is 5.79 Å². The summed E-state index contributed by atoms with van der Waals surface area (Å²) in [4.78, 5) is 0. The van der Waals surface area contributed by atoms with Gasteiger partial charge >= 0.3 is 0 Å². The van der Waals surface area contributed by atoms with Crippen LogP contribution >= 0.6 is 22.6 Å². The van der Waals surface area contributed by atoms with Crippen LogP contribution in [0.25, 0.3) is 0 Å². The van der Waals surface area contributed by atoms with E-state index in [1.54, 1.807) is 0 Å². The molecule has 3 nitrogen and oxygen atoms in total. The molecule has 0 saturated carbocycles. The van der Waals surface area contributed by atoms with Crippen molar-refractivity contribution in [3.05, 3.63) is 33.4 Å². The fraction of sp³-hybridized carbons (Fsp3) is 0.500. The lowest BCUT2D eigenvalue weighted by atomic mass is 10.1. The number of hydrogen-bond donors (Lipinski definition) is 1. The van der Waals surface area contributed by atoms with Gasteiger partial charge in [-0.25, -0.2) is 0 Å². The molecule has 0 bridgehead atoms. The highest BCUT2D eigenvalue weighted by molar-refractivity contribution is 14.1. The predicted molar refractivity (Wildman–Crippen MR) is 69.0 cm³/mol. The molecular weight excluding hydrogens is 319 g/mol. The molecule has 1 N–H and O–H groups in total. The Kier molecular flexibility index (Phi) is 3.53. The molecule has 1 saturated heterocycles. The zero-order chi connectivity index (χ0) is 11.8. The second-order valence-electron chi connectivity index (χ2n) is 4.30. The van der Waals surface area contributed by atoms with Crippen LogP contribution in [0.2, 0.25) is 0 Å². The van der Waals surface area contributed by atoms with Crippen LogP contribution in [0.4, 0.5) is 0 Å². The lowest BCUT2D eigenvalue weighted by Gasteiger charge is -2.17. The SMILES string of the molecule is CC1(C)O[C@@H](CO)[C@H](c2ccccc2I)O1. The highest BCUT2D eigenvalue weighted by atomic mass is 127. The van der Waals surface area contributed by atoms with Crippen LogP contribution in [0.15, 0.2) is 24.3 Å². The van der Waals surface area contributed by atoms with Crippen molar-refractivity contribution in [3.63, 3.8) is 0 Å². The summed E-state index contributed by atoms with van der Waals surface area (Å²) in [6, 6.07) is 8.00. The van der Waals surface area contributed by atoms with E-state index in [0.29, 0.717) is 0 Å². The molecule has 4 heteroatoms. The van der Waals surface area contributed by atoms with E-state index in [9.17, 15) is 5.11 Å². The van der Waals surface area contributed by atoms with Crippen LogP contribution < -0.4 is 0 Å². The first-order valence-electron chi connectivity index (χ1n) is 5.24. The molecule has 1 fully saturated rings. The maximum Gasteiger partial charge on any atom is 0.164 e. The Morgan fingerprint density at radius 1 is 1.31 bits per heavy atom. The Morgan fingerprint density at radius 3 is 2.62 bits per heavy atom. The van der Waals surface area contributed by atoms with E-state index in [2.05, 4.69) is 22.6 Å². The minimum atomic E-state index is -0.628. The fourth-order valence-electron chi connectivity index (χ4n) is 1.94. The third-order valence-corrected chi connectivity index (χ3v) is 3.56. The molecular formula is C12H15IO3. The number of ether oxygens (including phenoxy) is 2. The molecule has 16 heavy (non-hydrogen) atoms. The number of rotatable bonds is 2. The first kappa shape index (κ1) is 12.3. The van der Waals surface area contributed by atoms with Gasteiger partial charge in [0.2, 0.25) is 0 Å². The van der Waals surface area contributed by atoms with Crippen molar-refractivity contribution in [2.24, 2.45) is 0 Å². The van der Waals surface area contributed by atoms with Gasteiger partial charge in [0, 0.05) is 3.57 Å². The maximum absolute atomic E-state index is 9.31. The Hall–Kier alpha value is -0.170. The van der Waals surface area contributed by atoms with Gasteiger partial charge in [0.05, 0.1) is 6.61 Å². The highest BCUT2D eigenvalue weighted by Crippen LogP contribution is 2.39. The van der Waals surface area contributed by atoms with E-state index >= 15 is 0 Å². The van der Waals surface area contributed by atoms with Crippen molar-refractivity contribution in [2.75, 3.05) is 6.61 Å². The molecule has 1 aliphatic heterocycles. The first-order valence-corrected chi connectivity index (χ1v) is 6.32. The van der Waals surface area contributed by atoms with Gasteiger partial charge in [-0.3, -0.25) is 0 Å². The second-order valence-corrected chi connectivity index (χ2v) is 5.46. The molecule has 1 heterocycles. The summed E-state index contributed by atoms with van der Waals surface area (Å²) in [5, 5.41) is 9.31. The summed E-state index contributed by atoms with van der Waals surface area (Å²) in [5.74, 6) is -0.628. The van der Waals surface area contributed by atoms with E-state index in [-0.39, 0.29) is 18.8 Å². The van der Waals surface area contributed by atoms with Crippen molar-refractivity contribution in [3.8, 4) is 0 Å². The van der Waals surface area contributed by atoms with Gasteiger partial charge in [-0.15, -0.1) is 0 Å². The van der Waals surface area contributed by atoms with E-state index in [1.165, 1.54) is 0 Å². The summed E-state index contributed by atoms with van der Waals surface area (Å²) < 4.78 is 12.6. The molecule has 0 radical (unpaired) electrons. The van der Waals surface area contributed by atoms with Crippen LogP contribution in [-0.4, -0.2) is 23.6 Å². The van der Waals surface area contributed by atoms with Crippen molar-refractivity contribution in [1.29, 1.82) is 0 Å². The molecule has 88 valence electrons. The third kappa shape index (κ3) is 2.40. The molecule has 1 aliphatic rings. The van der Waals surface area contributed by atoms with E-state index in [0.717, 1.165) is 9.13 Å². The zero-order valence-corrected chi connectivity index (χ0v) is 11.5. The second kappa shape index (κ2) is 4.60. The first-order chi connectivity index (χ1) is 7.53. The zero-order valence-electron chi connectivity index (χ0n) is 9.31. The molecule has 0 unspecified atom stereocenters. The smallest absolute Gasteiger partial charge is 0.164 e. The minimum Gasteiger partial charge on any atom is -0.394 e. The van der Waals surface area contributed by atoms with E-state index in [1.807, 2.05) is 38.1 Å². The van der Waals surface area contributed by atoms with Gasteiger partial charge in [-0.05, 0) is 48.1 Å². The van der Waals surface area contributed by atoms with Crippen LogP contribution in [0.1, 0.15) is 25.5 Å². The van der Waals surface area contributed by atoms with Crippen LogP contribution in [-0.2, 0) is 9.47 Å². The molecule has 1 aromatic carbocycles. The van der Waals surface area contributed by atoms with Gasteiger partial charge in [0.1, 0.15) is 12.2 Å². The maximum atomic E-state index is 9.31. The highest BCUT2D eigenvalue weighted by Gasteiger charge is 2.42. The largest absolute Gasteiger partial charge is 0.394 e. The summed E-state index contributed by atoms with van der Waals surface area (Å²) in [6.07, 6.45) is -0.473. The van der Waals surface area contributed by atoms with Crippen molar-refractivity contribution in [2.45, 2.75) is 31.8 Å². The monoisotopic (exact) mass is 334 g/mol. The number of aliphatic hydroxyl groups is 1. The van der Waals surface area contributed by atoms with Crippen LogP contribution in [0.5, 0.6) is 0 Å². The average molecular weight is 334 g/mol. The van der Waals surface area contributed by atoms with Gasteiger partial charge in [-0.1, -0.05) is 18.2 Å². The fourth-order valence-corrected chi connectivity index (χ4v) is 2.63. The summed E-state index contributed by atoms with van der Waals surface area (Å²) in [7, 11) is 0. The molecule has 0 aliphatic carbocycles. The lowest BCUT2D eigenvalue weighted by Crippen LogP contribution is -2.23. The lowest BCUT2D eigenvalue weighted by molar-refractivity contribution is -0.149. The minimum absolute atomic E-state index is 0.0287. The van der Waals surface area contributed by atoms with E-state index in [4.69, 9.17) is 9.47 Å². The van der Waals surface area contributed by atoms with Gasteiger partial charge in [0.15, 0.2) is 5.79 Å². The van der Waals surface area contributed by atoms with Gasteiger partial charge in [-0.2, -0.15) is 0 Å². The van der Waals surface area contributed by atoms with Crippen molar-refractivity contribution >= 4 is 22.6 Å². The number of benzene rings is 1. The average Bonchev–Trinajstić information content (AvgIpc) is 2.54. The molecule has 0 aromatic heterocycles. The summed E-state index contributed by atoms with van der Waals surface area (Å²) >= 11 is 2.27. The topological polar surface area (TPSA) is 38.7 Å². The Balaban J connectivity index is 2.30. The van der Waals surface area contributed by atoms with Crippen molar-refractivity contribution < 1.29 is 14.6 Å². The number of aliphatic hydroxyl groups excluding tert-OH is 1. The Bertz CT molecular complexity index is 378. The van der Waals surface area contributed by atoms with Crippen LogP contribution in [0, 0.1) is 3.57 Å². The molecule has 1 aromatic rings. The molecule has 2 atom stereocenters. The Labute approximate surface area is 109 Å². The number of hydrogen-bond acceptors (Lipinski definition) is 3. The number of halogens is 1. The van der Waals surface area contributed by atoms with Gasteiger partial charge < -0.3 is 14.6 Å². The molecule has 0 spiro atoms. The third-order valence-electron chi connectivity index (χ3n) is 2.58. The van der Waals surface area contributed by atoms with Crippen molar-refractivity contribution in [1.82, 2.24) is 0 Å². The predicted octanol–water partition coefficient (Wildman–Crippen LogP) is 2.48. The summed E-state index contributed by atoms with van der Waals surface area (Å²) in [5.41, 5.74) is 1.08. The van der Waals surface area contributed by atoms with Gasteiger partial charge in [0.25, 0.3) is 0 Å². The molecule has 2 rings (SSSR count). The quantitative estimate of drug-likeness (QED) is 0.845.